The summed E-state index contributed by atoms with van der Waals surface area (Å²) in [5, 5.41) is 13.6. The number of carbonyl (C=O) groups is 1. The van der Waals surface area contributed by atoms with Crippen molar-refractivity contribution < 1.29 is 32.9 Å². The zero-order valence-corrected chi connectivity index (χ0v) is 31.3. The van der Waals surface area contributed by atoms with E-state index in [0.717, 1.165) is 44.9 Å². The molecule has 0 saturated heterocycles. The minimum absolute atomic E-state index is 0.0767. The van der Waals surface area contributed by atoms with E-state index in [1.807, 2.05) is 21.1 Å². The molecule has 45 heavy (non-hydrogen) atoms. The van der Waals surface area contributed by atoms with Crippen LogP contribution < -0.4 is 5.32 Å². The quantitative estimate of drug-likeness (QED) is 0.0360. The van der Waals surface area contributed by atoms with Crippen molar-refractivity contribution in [3.05, 3.63) is 0 Å². The van der Waals surface area contributed by atoms with Crippen molar-refractivity contribution in [2.24, 2.45) is 0 Å². The highest BCUT2D eigenvalue weighted by Crippen LogP contribution is 2.43. The molecule has 3 unspecified atom stereocenters. The van der Waals surface area contributed by atoms with E-state index in [0.29, 0.717) is 23.9 Å². The Morgan fingerprint density at radius 3 is 1.49 bits per heavy atom. The third-order valence-electron chi connectivity index (χ3n) is 8.61. The Kier molecular flexibility index (Phi) is 29.3. The summed E-state index contributed by atoms with van der Waals surface area (Å²) in [6, 6.07) is -0.748. The fraction of sp³-hybridized carbons (Fsp3) is 0.972. The monoisotopic (exact) mass is 664 g/mol. The number of phosphoric ester groups is 1. The van der Waals surface area contributed by atoms with Crippen LogP contribution in [0.4, 0.5) is 0 Å². The normalized spacial score (nSPS) is 14.7. The average Bonchev–Trinajstić information content (AvgIpc) is 2.97. The number of hydrogen-bond donors (Lipinski definition) is 3. The number of nitrogens with one attached hydrogen (secondary N) is 1. The Morgan fingerprint density at radius 2 is 1.07 bits per heavy atom. The van der Waals surface area contributed by atoms with Gasteiger partial charge in [0.1, 0.15) is 13.2 Å². The van der Waals surface area contributed by atoms with Gasteiger partial charge in [0, 0.05) is 6.42 Å². The maximum absolute atomic E-state index is 12.7. The predicted octanol–water partition coefficient (Wildman–Crippen LogP) is 9.46. The van der Waals surface area contributed by atoms with E-state index in [9.17, 15) is 19.4 Å². The molecule has 0 aliphatic rings. The summed E-state index contributed by atoms with van der Waals surface area (Å²) in [4.78, 5) is 22.8. The van der Waals surface area contributed by atoms with Crippen molar-refractivity contribution in [3.63, 3.8) is 0 Å². The first-order valence-corrected chi connectivity index (χ1v) is 20.4. The summed E-state index contributed by atoms with van der Waals surface area (Å²) >= 11 is 0. The van der Waals surface area contributed by atoms with Crippen LogP contribution in [0.1, 0.15) is 174 Å². The highest BCUT2D eigenvalue weighted by atomic mass is 31.2. The van der Waals surface area contributed by atoms with Gasteiger partial charge in [0.2, 0.25) is 5.91 Å². The molecule has 1 amide bonds. The maximum atomic E-state index is 12.7. The molecule has 0 radical (unpaired) electrons. The van der Waals surface area contributed by atoms with Crippen molar-refractivity contribution in [1.82, 2.24) is 5.32 Å². The molecule has 0 aromatic carbocycles. The smallest absolute Gasteiger partial charge is 0.391 e. The van der Waals surface area contributed by atoms with Crippen LogP contribution in [0, 0.1) is 0 Å². The highest BCUT2D eigenvalue weighted by Gasteiger charge is 2.28. The van der Waals surface area contributed by atoms with Crippen molar-refractivity contribution in [1.29, 1.82) is 0 Å². The molecule has 9 heteroatoms. The number of phosphoric acid groups is 1. The third-order valence-corrected chi connectivity index (χ3v) is 9.59. The molecule has 8 nitrogen and oxygen atoms in total. The Bertz CT molecular complexity index is 718. The minimum atomic E-state index is -4.28. The van der Waals surface area contributed by atoms with Crippen LogP contribution >= 0.6 is 7.82 Å². The van der Waals surface area contributed by atoms with Gasteiger partial charge in [0.25, 0.3) is 0 Å². The summed E-state index contributed by atoms with van der Waals surface area (Å²) in [6.45, 7) is 4.77. The zero-order chi connectivity index (χ0) is 33.7. The Hall–Kier alpha value is -0.500. The van der Waals surface area contributed by atoms with Crippen LogP contribution in [0.5, 0.6) is 0 Å². The molecular weight excluding hydrogens is 587 g/mol. The first-order valence-electron chi connectivity index (χ1n) is 18.9. The number of hydrogen-bond acceptors (Lipinski definition) is 5. The number of amides is 1. The number of likely N-dealkylation sites (N-methyl/N-ethyl adjacent to an activating group) is 1. The van der Waals surface area contributed by atoms with Gasteiger partial charge in [-0.15, -0.1) is 0 Å². The third kappa shape index (κ3) is 31.8. The lowest BCUT2D eigenvalue weighted by molar-refractivity contribution is -0.870. The molecule has 0 aliphatic carbocycles. The topological polar surface area (TPSA) is 105 Å². The molecule has 3 atom stereocenters. The number of rotatable bonds is 34. The van der Waals surface area contributed by atoms with Gasteiger partial charge in [-0.3, -0.25) is 13.8 Å². The summed E-state index contributed by atoms with van der Waals surface area (Å²) < 4.78 is 23.3. The van der Waals surface area contributed by atoms with Crippen LogP contribution in [0.25, 0.3) is 0 Å². The molecular formula is C36H76N2O6P+. The van der Waals surface area contributed by atoms with E-state index >= 15 is 0 Å². The lowest BCUT2D eigenvalue weighted by atomic mass is 10.0. The number of quaternary nitrogens is 1. The lowest BCUT2D eigenvalue weighted by Gasteiger charge is -2.26. The van der Waals surface area contributed by atoms with E-state index < -0.39 is 20.0 Å². The van der Waals surface area contributed by atoms with Crippen LogP contribution in [-0.2, 0) is 18.4 Å². The molecule has 0 aliphatic heterocycles. The van der Waals surface area contributed by atoms with Gasteiger partial charge < -0.3 is 19.8 Å². The zero-order valence-electron chi connectivity index (χ0n) is 30.4. The SMILES string of the molecule is CCCCCCCCCCCCCCCCCCCCCC(=O)NC(COP(=O)(O)OCC[N+](C)(C)C)C(O)CCCCCC. The second-order valence-corrected chi connectivity index (χ2v) is 15.8. The van der Waals surface area contributed by atoms with Crippen LogP contribution in [0.15, 0.2) is 0 Å². The van der Waals surface area contributed by atoms with Crippen LogP contribution in [-0.4, -0.2) is 73.4 Å². The molecule has 0 aromatic heterocycles. The molecule has 0 rings (SSSR count). The highest BCUT2D eigenvalue weighted by molar-refractivity contribution is 7.47. The first-order chi connectivity index (χ1) is 21.5. The molecule has 0 aromatic rings. The van der Waals surface area contributed by atoms with Gasteiger partial charge in [-0.25, -0.2) is 4.57 Å². The number of aliphatic hydroxyl groups is 1. The van der Waals surface area contributed by atoms with E-state index in [1.54, 1.807) is 0 Å². The first kappa shape index (κ1) is 44.5. The summed E-state index contributed by atoms with van der Waals surface area (Å²) in [6.07, 6.45) is 29.0. The van der Waals surface area contributed by atoms with Gasteiger partial charge in [0.15, 0.2) is 0 Å². The van der Waals surface area contributed by atoms with Crippen molar-refractivity contribution in [2.75, 3.05) is 40.9 Å². The van der Waals surface area contributed by atoms with E-state index in [1.165, 1.54) is 103 Å². The number of aliphatic hydroxyl groups excluding tert-OH is 1. The van der Waals surface area contributed by atoms with E-state index in [2.05, 4.69) is 19.2 Å². The van der Waals surface area contributed by atoms with Gasteiger partial charge in [-0.2, -0.15) is 0 Å². The standard InChI is InChI=1S/C36H75N2O6P/c1-6-8-10-12-13-14-15-16-17-18-19-20-21-22-23-24-25-26-28-30-36(40)37-34(35(39)29-27-11-9-7-2)33-44-45(41,42)43-32-31-38(3,4)5/h34-35,39H,6-33H2,1-5H3,(H-,37,40,41,42)/p+1. The Labute approximate surface area is 279 Å². The summed E-state index contributed by atoms with van der Waals surface area (Å²) in [5.41, 5.74) is 0. The van der Waals surface area contributed by atoms with Gasteiger partial charge in [-0.1, -0.05) is 155 Å². The van der Waals surface area contributed by atoms with Crippen LogP contribution in [0.3, 0.4) is 0 Å². The number of unbranched alkanes of at least 4 members (excludes halogenated alkanes) is 21. The van der Waals surface area contributed by atoms with Crippen LogP contribution in [0.2, 0.25) is 0 Å². The molecule has 0 heterocycles. The second kappa shape index (κ2) is 29.6. The predicted molar refractivity (Wildman–Crippen MR) is 189 cm³/mol. The van der Waals surface area contributed by atoms with E-state index in [-0.39, 0.29) is 19.1 Å². The minimum Gasteiger partial charge on any atom is -0.391 e. The molecule has 0 fully saturated rings. The molecule has 0 saturated carbocycles. The Balaban J connectivity index is 4.07. The molecule has 3 N–H and O–H groups in total. The van der Waals surface area contributed by atoms with E-state index in [4.69, 9.17) is 9.05 Å². The number of nitrogens with zero attached hydrogens (tertiary/aromatic N) is 1. The average molecular weight is 664 g/mol. The lowest BCUT2D eigenvalue weighted by Crippen LogP contribution is -2.46. The fourth-order valence-electron chi connectivity index (χ4n) is 5.52. The van der Waals surface area contributed by atoms with Gasteiger partial charge >= 0.3 is 7.82 Å². The maximum Gasteiger partial charge on any atom is 0.472 e. The van der Waals surface area contributed by atoms with Crippen molar-refractivity contribution in [3.8, 4) is 0 Å². The molecule has 270 valence electrons. The second-order valence-electron chi connectivity index (χ2n) is 14.3. The molecule has 0 spiro atoms. The van der Waals surface area contributed by atoms with Crippen molar-refractivity contribution >= 4 is 13.7 Å². The summed E-state index contributed by atoms with van der Waals surface area (Å²) in [5.74, 6) is -0.151. The summed E-state index contributed by atoms with van der Waals surface area (Å²) in [7, 11) is 1.62. The fourth-order valence-corrected chi connectivity index (χ4v) is 6.25. The van der Waals surface area contributed by atoms with Gasteiger partial charge in [0.05, 0.1) is 39.9 Å². The Morgan fingerprint density at radius 1 is 0.667 bits per heavy atom. The van der Waals surface area contributed by atoms with Crippen molar-refractivity contribution in [2.45, 2.75) is 187 Å². The largest absolute Gasteiger partial charge is 0.472 e. The molecule has 0 bridgehead atoms. The number of carbonyl (C=O) groups excluding carboxylic acids is 1. The van der Waals surface area contributed by atoms with Gasteiger partial charge in [-0.05, 0) is 12.8 Å².